The lowest BCUT2D eigenvalue weighted by molar-refractivity contribution is -0.0551. The van der Waals surface area contributed by atoms with Gasteiger partial charge in [-0.1, -0.05) is 6.92 Å². The summed E-state index contributed by atoms with van der Waals surface area (Å²) in [6, 6.07) is 0.683. The van der Waals surface area contributed by atoms with Gasteiger partial charge in [0, 0.05) is 24.7 Å². The molecule has 1 N–H and O–H groups in total. The maximum Gasteiger partial charge on any atom is 0.0645 e. The average molecular weight is 212 g/mol. The smallest absolute Gasteiger partial charge is 0.0645 e. The number of hydrogen-bond donors (Lipinski definition) is 1. The summed E-state index contributed by atoms with van der Waals surface area (Å²) in [4.78, 5) is 2.58. The van der Waals surface area contributed by atoms with Crippen molar-refractivity contribution in [3.05, 3.63) is 0 Å². The van der Waals surface area contributed by atoms with Gasteiger partial charge in [-0.25, -0.2) is 0 Å². The van der Waals surface area contributed by atoms with Crippen LogP contribution in [-0.2, 0) is 4.74 Å². The van der Waals surface area contributed by atoms with Gasteiger partial charge in [0.1, 0.15) is 0 Å². The summed E-state index contributed by atoms with van der Waals surface area (Å²) in [5, 5.41) is 3.61. The quantitative estimate of drug-likeness (QED) is 0.742. The van der Waals surface area contributed by atoms with Crippen molar-refractivity contribution in [2.24, 2.45) is 5.92 Å². The standard InChI is InChI=1S/C12H24N2O/c1-10-4-5-13-11(10)8-14-6-7-15-9-12(14,2)3/h10-11,13H,4-9H2,1-3H3. The fourth-order valence-corrected chi connectivity index (χ4v) is 2.61. The Labute approximate surface area is 93.2 Å². The van der Waals surface area contributed by atoms with Gasteiger partial charge < -0.3 is 10.1 Å². The molecule has 0 radical (unpaired) electrons. The molecule has 0 spiro atoms. The van der Waals surface area contributed by atoms with Crippen molar-refractivity contribution in [1.82, 2.24) is 10.2 Å². The highest BCUT2D eigenvalue weighted by atomic mass is 16.5. The second-order valence-corrected chi connectivity index (χ2v) is 5.64. The summed E-state index contributed by atoms with van der Waals surface area (Å²) in [5.41, 5.74) is 0.211. The summed E-state index contributed by atoms with van der Waals surface area (Å²) < 4.78 is 5.54. The van der Waals surface area contributed by atoms with Crippen molar-refractivity contribution >= 4 is 0 Å². The Morgan fingerprint density at radius 3 is 2.87 bits per heavy atom. The van der Waals surface area contributed by atoms with Crippen LogP contribution >= 0.6 is 0 Å². The van der Waals surface area contributed by atoms with Gasteiger partial charge in [0.2, 0.25) is 0 Å². The van der Waals surface area contributed by atoms with E-state index < -0.39 is 0 Å². The Bertz CT molecular complexity index is 218. The molecule has 3 heteroatoms. The van der Waals surface area contributed by atoms with Gasteiger partial charge in [0.25, 0.3) is 0 Å². The Hall–Kier alpha value is -0.120. The third-order valence-electron chi connectivity index (χ3n) is 3.93. The minimum Gasteiger partial charge on any atom is -0.378 e. The van der Waals surface area contributed by atoms with Crippen LogP contribution in [0.25, 0.3) is 0 Å². The molecule has 0 aromatic heterocycles. The van der Waals surface area contributed by atoms with Crippen LogP contribution in [0, 0.1) is 5.92 Å². The van der Waals surface area contributed by atoms with E-state index in [4.69, 9.17) is 4.74 Å². The highest BCUT2D eigenvalue weighted by Gasteiger charge is 2.34. The predicted octanol–water partition coefficient (Wildman–Crippen LogP) is 1.10. The van der Waals surface area contributed by atoms with Gasteiger partial charge in [0.15, 0.2) is 0 Å². The van der Waals surface area contributed by atoms with Crippen molar-refractivity contribution in [2.45, 2.75) is 38.8 Å². The largest absolute Gasteiger partial charge is 0.378 e. The Balaban J connectivity index is 1.92. The lowest BCUT2D eigenvalue weighted by Crippen LogP contribution is -2.56. The Morgan fingerprint density at radius 2 is 2.27 bits per heavy atom. The number of morpholine rings is 1. The zero-order chi connectivity index (χ0) is 10.9. The molecule has 0 bridgehead atoms. The lowest BCUT2D eigenvalue weighted by atomic mass is 9.98. The second kappa shape index (κ2) is 4.40. The van der Waals surface area contributed by atoms with Crippen molar-refractivity contribution in [3.8, 4) is 0 Å². The van der Waals surface area contributed by atoms with Crippen LogP contribution in [0.5, 0.6) is 0 Å². The van der Waals surface area contributed by atoms with Gasteiger partial charge in [-0.05, 0) is 32.7 Å². The molecule has 88 valence electrons. The van der Waals surface area contributed by atoms with E-state index in [2.05, 4.69) is 31.0 Å². The molecule has 2 atom stereocenters. The molecule has 3 nitrogen and oxygen atoms in total. The summed E-state index contributed by atoms with van der Waals surface area (Å²) in [6.07, 6.45) is 1.33. The summed E-state index contributed by atoms with van der Waals surface area (Å²) in [5.74, 6) is 0.823. The van der Waals surface area contributed by atoms with Gasteiger partial charge >= 0.3 is 0 Å². The molecule has 2 heterocycles. The first kappa shape index (κ1) is 11.4. The van der Waals surface area contributed by atoms with Gasteiger partial charge in [-0.2, -0.15) is 0 Å². The molecule has 2 aliphatic rings. The molecule has 0 aromatic rings. The number of rotatable bonds is 2. The molecule has 0 amide bonds. The zero-order valence-electron chi connectivity index (χ0n) is 10.3. The Kier molecular flexibility index (Phi) is 3.33. The van der Waals surface area contributed by atoms with E-state index in [1.165, 1.54) is 19.5 Å². The summed E-state index contributed by atoms with van der Waals surface area (Å²) >= 11 is 0. The molecule has 2 saturated heterocycles. The van der Waals surface area contributed by atoms with E-state index >= 15 is 0 Å². The monoisotopic (exact) mass is 212 g/mol. The van der Waals surface area contributed by atoms with Gasteiger partial charge in [-0.15, -0.1) is 0 Å². The average Bonchev–Trinajstić information content (AvgIpc) is 2.56. The lowest BCUT2D eigenvalue weighted by Gasteiger charge is -2.43. The molecular formula is C12H24N2O. The van der Waals surface area contributed by atoms with Crippen LogP contribution in [0.15, 0.2) is 0 Å². The van der Waals surface area contributed by atoms with Crippen molar-refractivity contribution in [2.75, 3.05) is 32.8 Å². The maximum absolute atomic E-state index is 5.54. The minimum absolute atomic E-state index is 0.211. The van der Waals surface area contributed by atoms with E-state index in [-0.39, 0.29) is 5.54 Å². The molecule has 2 aliphatic heterocycles. The normalized spacial score (nSPS) is 37.0. The summed E-state index contributed by atoms with van der Waals surface area (Å²) in [6.45, 7) is 12.1. The molecule has 0 aliphatic carbocycles. The van der Waals surface area contributed by atoms with Crippen LogP contribution in [0.1, 0.15) is 27.2 Å². The van der Waals surface area contributed by atoms with Crippen molar-refractivity contribution in [3.63, 3.8) is 0 Å². The number of nitrogens with one attached hydrogen (secondary N) is 1. The van der Waals surface area contributed by atoms with E-state index in [0.29, 0.717) is 6.04 Å². The maximum atomic E-state index is 5.54. The molecule has 0 saturated carbocycles. The van der Waals surface area contributed by atoms with Gasteiger partial charge in [-0.3, -0.25) is 4.90 Å². The Morgan fingerprint density at radius 1 is 1.47 bits per heavy atom. The van der Waals surface area contributed by atoms with E-state index in [9.17, 15) is 0 Å². The first-order valence-corrected chi connectivity index (χ1v) is 6.16. The minimum atomic E-state index is 0.211. The van der Waals surface area contributed by atoms with E-state index in [1.54, 1.807) is 0 Å². The molecule has 0 aromatic carbocycles. The molecule has 2 rings (SSSR count). The molecule has 2 fully saturated rings. The molecule has 2 unspecified atom stereocenters. The van der Waals surface area contributed by atoms with Crippen LogP contribution in [0.4, 0.5) is 0 Å². The first-order valence-electron chi connectivity index (χ1n) is 6.16. The predicted molar refractivity (Wildman–Crippen MR) is 62.0 cm³/mol. The highest BCUT2D eigenvalue weighted by Crippen LogP contribution is 2.22. The van der Waals surface area contributed by atoms with Crippen molar-refractivity contribution < 1.29 is 4.74 Å². The number of nitrogens with zero attached hydrogens (tertiary/aromatic N) is 1. The second-order valence-electron chi connectivity index (χ2n) is 5.64. The van der Waals surface area contributed by atoms with Crippen LogP contribution < -0.4 is 5.32 Å². The number of ether oxygens (including phenoxy) is 1. The highest BCUT2D eigenvalue weighted by molar-refractivity contribution is 4.90. The van der Waals surface area contributed by atoms with Gasteiger partial charge in [0.05, 0.1) is 13.2 Å². The SMILES string of the molecule is CC1CCNC1CN1CCOCC1(C)C. The van der Waals surface area contributed by atoms with Crippen LogP contribution in [0.3, 0.4) is 0 Å². The zero-order valence-corrected chi connectivity index (χ0v) is 10.3. The molecule has 15 heavy (non-hydrogen) atoms. The van der Waals surface area contributed by atoms with Crippen LogP contribution in [0.2, 0.25) is 0 Å². The number of hydrogen-bond acceptors (Lipinski definition) is 3. The third-order valence-corrected chi connectivity index (χ3v) is 3.93. The van der Waals surface area contributed by atoms with Crippen molar-refractivity contribution in [1.29, 1.82) is 0 Å². The fraction of sp³-hybridized carbons (Fsp3) is 1.00. The third kappa shape index (κ3) is 2.52. The topological polar surface area (TPSA) is 24.5 Å². The molecular weight excluding hydrogens is 188 g/mol. The van der Waals surface area contributed by atoms with E-state index in [1.807, 2.05) is 0 Å². The van der Waals surface area contributed by atoms with E-state index in [0.717, 1.165) is 25.7 Å². The first-order chi connectivity index (χ1) is 7.09. The van der Waals surface area contributed by atoms with Crippen LogP contribution in [-0.4, -0.2) is 49.3 Å². The fourth-order valence-electron chi connectivity index (χ4n) is 2.61. The summed E-state index contributed by atoms with van der Waals surface area (Å²) in [7, 11) is 0.